The lowest BCUT2D eigenvalue weighted by molar-refractivity contribution is -0.136. The number of benzene rings is 1. The van der Waals surface area contributed by atoms with E-state index in [9.17, 15) is 30.8 Å². The topological polar surface area (TPSA) is 84.6 Å². The number of hydrogen-bond donors (Lipinski definition) is 0. The number of hydrogen-bond acceptors (Lipinski definition) is 5. The van der Waals surface area contributed by atoms with Crippen LogP contribution in [0.4, 0.5) is 17.6 Å². The second-order valence-corrected chi connectivity index (χ2v) is 9.90. The molecule has 2 aliphatic rings. The molecule has 1 amide bonds. The first-order valence-electron chi connectivity index (χ1n) is 9.28. The van der Waals surface area contributed by atoms with E-state index in [1.807, 2.05) is 0 Å². The zero-order valence-corrected chi connectivity index (χ0v) is 17.8. The van der Waals surface area contributed by atoms with E-state index in [4.69, 9.17) is 11.6 Å². The summed E-state index contributed by atoms with van der Waals surface area (Å²) in [7, 11) is -3.41. The van der Waals surface area contributed by atoms with E-state index in [0.717, 1.165) is 34.0 Å². The van der Waals surface area contributed by atoms with Gasteiger partial charge in [0, 0.05) is 35.5 Å². The van der Waals surface area contributed by atoms with Crippen LogP contribution in [0.1, 0.15) is 16.9 Å². The highest BCUT2D eigenvalue weighted by Gasteiger charge is 2.39. The quantitative estimate of drug-likeness (QED) is 0.617. The number of amides is 1. The van der Waals surface area contributed by atoms with Crippen molar-refractivity contribution >= 4 is 39.3 Å². The molecule has 1 aromatic carbocycles. The maximum Gasteiger partial charge on any atom is 0.414 e. The Labute approximate surface area is 184 Å². The Hall–Kier alpha value is -2.73. The zero-order valence-electron chi connectivity index (χ0n) is 16.2. The van der Waals surface area contributed by atoms with Crippen LogP contribution in [-0.2, 0) is 9.84 Å². The van der Waals surface area contributed by atoms with Crippen LogP contribution >= 0.6 is 11.6 Å². The summed E-state index contributed by atoms with van der Waals surface area (Å²) in [6, 6.07) is 2.72. The van der Waals surface area contributed by atoms with Crippen molar-refractivity contribution in [3.63, 3.8) is 0 Å². The number of carbonyl (C=O) groups is 1. The molecule has 13 heteroatoms. The molecule has 0 N–H and O–H groups in total. The molecule has 170 valence electrons. The number of nitrogens with zero attached hydrogens (tertiary/aromatic N) is 4. The summed E-state index contributed by atoms with van der Waals surface area (Å²) >= 11 is 5.93. The third kappa shape index (κ3) is 4.56. The molecule has 32 heavy (non-hydrogen) atoms. The predicted octanol–water partition coefficient (Wildman–Crippen LogP) is 3.42. The SMILES string of the molecule is O=C(c1cc(-c2cc(F)cc(Cl)c2)n(C2=CC(C(F)(F)F)N=CC2)n1)N1CCS(=O)(=O)C1. The third-order valence-electron chi connectivity index (χ3n) is 4.92. The van der Waals surface area contributed by atoms with E-state index < -0.39 is 39.7 Å². The molecule has 0 aliphatic carbocycles. The van der Waals surface area contributed by atoms with E-state index in [0.29, 0.717) is 0 Å². The van der Waals surface area contributed by atoms with Crippen molar-refractivity contribution in [3.05, 3.63) is 46.9 Å². The fourth-order valence-electron chi connectivity index (χ4n) is 3.44. The number of carbonyl (C=O) groups excluding carboxylic acids is 1. The molecular formula is C19H15ClF4N4O3S. The van der Waals surface area contributed by atoms with Crippen LogP contribution in [0.15, 0.2) is 35.3 Å². The molecule has 4 rings (SSSR count). The Morgan fingerprint density at radius 3 is 2.56 bits per heavy atom. The van der Waals surface area contributed by atoms with Gasteiger partial charge in [0.05, 0.1) is 11.4 Å². The fourth-order valence-corrected chi connectivity index (χ4v) is 5.01. The van der Waals surface area contributed by atoms with Gasteiger partial charge in [-0.05, 0) is 30.3 Å². The van der Waals surface area contributed by atoms with Gasteiger partial charge in [-0.2, -0.15) is 18.3 Å². The van der Waals surface area contributed by atoms with Crippen LogP contribution in [0.5, 0.6) is 0 Å². The number of aromatic nitrogens is 2. The van der Waals surface area contributed by atoms with Gasteiger partial charge in [0.2, 0.25) is 0 Å². The van der Waals surface area contributed by atoms with Crippen LogP contribution in [0.25, 0.3) is 17.0 Å². The average molecular weight is 491 g/mol. The largest absolute Gasteiger partial charge is 0.414 e. The van der Waals surface area contributed by atoms with Crippen molar-refractivity contribution in [2.24, 2.45) is 4.99 Å². The van der Waals surface area contributed by atoms with Gasteiger partial charge < -0.3 is 4.90 Å². The monoisotopic (exact) mass is 490 g/mol. The van der Waals surface area contributed by atoms with Crippen molar-refractivity contribution in [2.45, 2.75) is 18.6 Å². The molecule has 1 unspecified atom stereocenters. The molecule has 1 saturated heterocycles. The van der Waals surface area contributed by atoms with Gasteiger partial charge in [-0.3, -0.25) is 9.79 Å². The Kier molecular flexibility index (Phi) is 5.61. The molecule has 0 spiro atoms. The highest BCUT2D eigenvalue weighted by Crippen LogP contribution is 2.32. The van der Waals surface area contributed by atoms with Crippen molar-refractivity contribution in [3.8, 4) is 11.3 Å². The van der Waals surface area contributed by atoms with Gasteiger partial charge in [0.25, 0.3) is 5.91 Å². The van der Waals surface area contributed by atoms with E-state index in [2.05, 4.69) is 10.1 Å². The highest BCUT2D eigenvalue weighted by molar-refractivity contribution is 7.91. The summed E-state index contributed by atoms with van der Waals surface area (Å²) in [6.45, 7) is -0.0271. The lowest BCUT2D eigenvalue weighted by atomic mass is 10.1. The Balaban J connectivity index is 1.81. The standard InChI is InChI=1S/C19H15ClF4N4O3S/c20-12-5-11(6-13(21)7-12)16-9-15(18(29)27-3-4-32(30,31)10-27)26-28(16)14-1-2-25-17(8-14)19(22,23)24/h2,5-9,17H,1,3-4,10H2. The second-order valence-electron chi connectivity index (χ2n) is 7.31. The van der Waals surface area contributed by atoms with Gasteiger partial charge >= 0.3 is 6.18 Å². The van der Waals surface area contributed by atoms with Gasteiger partial charge in [-0.1, -0.05) is 11.6 Å². The van der Waals surface area contributed by atoms with Crippen molar-refractivity contribution in [1.29, 1.82) is 0 Å². The van der Waals surface area contributed by atoms with E-state index in [-0.39, 0.29) is 46.4 Å². The van der Waals surface area contributed by atoms with E-state index in [1.54, 1.807) is 0 Å². The third-order valence-corrected chi connectivity index (χ3v) is 6.65. The minimum Gasteiger partial charge on any atom is -0.322 e. The summed E-state index contributed by atoms with van der Waals surface area (Å²) in [4.78, 5) is 17.4. The molecule has 0 bridgehead atoms. The van der Waals surface area contributed by atoms with E-state index >= 15 is 0 Å². The van der Waals surface area contributed by atoms with Gasteiger partial charge in [0.15, 0.2) is 21.6 Å². The molecule has 0 saturated carbocycles. The lowest BCUT2D eigenvalue weighted by Crippen LogP contribution is -2.29. The molecule has 0 radical (unpaired) electrons. The van der Waals surface area contributed by atoms with Gasteiger partial charge in [-0.25, -0.2) is 17.5 Å². The molecule has 2 aromatic rings. The molecule has 3 heterocycles. The normalized spacial score (nSPS) is 20.5. The number of aliphatic imine (C=N–C) groups is 1. The first kappa shape index (κ1) is 22.5. The maximum absolute atomic E-state index is 14.0. The van der Waals surface area contributed by atoms with Crippen molar-refractivity contribution < 1.29 is 30.8 Å². The molecule has 2 aliphatic heterocycles. The first-order valence-corrected chi connectivity index (χ1v) is 11.5. The Bertz CT molecular complexity index is 1230. The number of sulfone groups is 1. The molecule has 1 atom stereocenters. The molecular weight excluding hydrogens is 476 g/mol. The summed E-state index contributed by atoms with van der Waals surface area (Å²) in [5.41, 5.74) is 0.192. The predicted molar refractivity (Wildman–Crippen MR) is 110 cm³/mol. The number of allylic oxidation sites excluding steroid dienone is 1. The fraction of sp³-hybridized carbons (Fsp3) is 0.316. The molecule has 1 fully saturated rings. The van der Waals surface area contributed by atoms with Crippen LogP contribution in [0, 0.1) is 5.82 Å². The lowest BCUT2D eigenvalue weighted by Gasteiger charge is -2.19. The summed E-state index contributed by atoms with van der Waals surface area (Å²) < 4.78 is 78.1. The Morgan fingerprint density at radius 2 is 1.94 bits per heavy atom. The minimum absolute atomic E-state index is 0.0178. The van der Waals surface area contributed by atoms with E-state index in [1.165, 1.54) is 12.1 Å². The average Bonchev–Trinajstić information content (AvgIpc) is 3.30. The minimum atomic E-state index is -4.62. The summed E-state index contributed by atoms with van der Waals surface area (Å²) in [5, 5.41) is 4.19. The number of halogens is 5. The zero-order chi connectivity index (χ0) is 23.3. The number of rotatable bonds is 3. The Morgan fingerprint density at radius 1 is 1.19 bits per heavy atom. The van der Waals surface area contributed by atoms with Gasteiger partial charge in [-0.15, -0.1) is 0 Å². The summed E-state index contributed by atoms with van der Waals surface area (Å²) in [5.74, 6) is -2.07. The smallest absolute Gasteiger partial charge is 0.322 e. The maximum atomic E-state index is 14.0. The second kappa shape index (κ2) is 8.00. The van der Waals surface area contributed by atoms with Crippen LogP contribution in [0.3, 0.4) is 0 Å². The van der Waals surface area contributed by atoms with Crippen LogP contribution in [-0.4, -0.2) is 65.6 Å². The number of dihydropyridines is 1. The van der Waals surface area contributed by atoms with Crippen LogP contribution < -0.4 is 0 Å². The molecule has 1 aromatic heterocycles. The highest BCUT2D eigenvalue weighted by atomic mass is 35.5. The first-order chi connectivity index (χ1) is 14.9. The van der Waals surface area contributed by atoms with Crippen molar-refractivity contribution in [2.75, 3.05) is 18.2 Å². The number of alkyl halides is 3. The summed E-state index contributed by atoms with van der Waals surface area (Å²) in [6.07, 6.45) is -2.69. The van der Waals surface area contributed by atoms with Gasteiger partial charge in [0.1, 0.15) is 11.7 Å². The van der Waals surface area contributed by atoms with Crippen molar-refractivity contribution in [1.82, 2.24) is 14.7 Å². The molecule has 7 nitrogen and oxygen atoms in total. The van der Waals surface area contributed by atoms with Crippen LogP contribution in [0.2, 0.25) is 5.02 Å².